The molecule has 2 aromatic rings. The average Bonchev–Trinajstić information content (AvgIpc) is 3.13. The van der Waals surface area contributed by atoms with Crippen molar-refractivity contribution in [1.29, 1.82) is 0 Å². The van der Waals surface area contributed by atoms with Gasteiger partial charge >= 0.3 is 6.03 Å². The summed E-state index contributed by atoms with van der Waals surface area (Å²) in [7, 11) is 0. The Balaban J connectivity index is 1.11. The maximum absolute atomic E-state index is 13.6. The lowest BCUT2D eigenvalue weighted by Gasteiger charge is -2.38. The summed E-state index contributed by atoms with van der Waals surface area (Å²) in [5, 5.41) is 3.98. The molecule has 6 rings (SSSR count). The van der Waals surface area contributed by atoms with Gasteiger partial charge in [0.25, 0.3) is 11.8 Å². The second-order valence-electron chi connectivity index (χ2n) is 10.1. The highest BCUT2D eigenvalue weighted by atomic mass is 19.1. The maximum Gasteiger partial charge on any atom is 0.343 e. The molecule has 37 heavy (non-hydrogen) atoms. The third-order valence-electron chi connectivity index (χ3n) is 7.87. The van der Waals surface area contributed by atoms with Gasteiger partial charge in [0, 0.05) is 19.0 Å². The molecule has 2 saturated heterocycles. The summed E-state index contributed by atoms with van der Waals surface area (Å²) in [5.74, 6) is -0.296. The van der Waals surface area contributed by atoms with Crippen LogP contribution in [0, 0.1) is 11.7 Å². The summed E-state index contributed by atoms with van der Waals surface area (Å²) < 4.78 is 19.3. The van der Waals surface area contributed by atoms with Crippen LogP contribution < -0.4 is 10.1 Å². The summed E-state index contributed by atoms with van der Waals surface area (Å²) in [6.07, 6.45) is 2.99. The second-order valence-corrected chi connectivity index (χ2v) is 10.1. The highest BCUT2D eigenvalue weighted by Gasteiger charge is 2.43. The first kappa shape index (κ1) is 23.6. The Bertz CT molecular complexity index is 1310. The van der Waals surface area contributed by atoms with E-state index < -0.39 is 23.8 Å². The Kier molecular flexibility index (Phi) is 5.91. The standard InChI is InChI=1S/C27H27FN4O5/c28-18-2-4-20-19(8-12-37-23(20)14-18)17-5-9-30(10-6-17)15-16-1-3-21-22(13-16)26(35)32(25(21)34)31-11-7-24(33)29-27(31)36/h1-4,13-14,17,19H,5-12,15H2,(H,29,33,36). The first-order chi connectivity index (χ1) is 17.9. The number of rotatable bonds is 4. The number of nitrogens with zero attached hydrogens (tertiary/aromatic N) is 3. The van der Waals surface area contributed by atoms with Crippen molar-refractivity contribution in [2.45, 2.75) is 38.1 Å². The number of fused-ring (bicyclic) bond motifs is 2. The molecule has 4 heterocycles. The van der Waals surface area contributed by atoms with E-state index in [0.29, 0.717) is 30.7 Å². The van der Waals surface area contributed by atoms with Crippen LogP contribution in [0.3, 0.4) is 0 Å². The average molecular weight is 507 g/mol. The summed E-state index contributed by atoms with van der Waals surface area (Å²) in [6.45, 7) is 3.03. The molecule has 0 aliphatic carbocycles. The minimum Gasteiger partial charge on any atom is -0.493 e. The van der Waals surface area contributed by atoms with Crippen molar-refractivity contribution >= 4 is 23.8 Å². The van der Waals surface area contributed by atoms with Crippen LogP contribution >= 0.6 is 0 Å². The minimum absolute atomic E-state index is 0.0233. The summed E-state index contributed by atoms with van der Waals surface area (Å²) in [4.78, 5) is 52.0. The van der Waals surface area contributed by atoms with Crippen LogP contribution in [-0.2, 0) is 11.3 Å². The van der Waals surface area contributed by atoms with Crippen molar-refractivity contribution < 1.29 is 28.3 Å². The van der Waals surface area contributed by atoms with Gasteiger partial charge in [-0.15, -0.1) is 0 Å². The number of hydrogen-bond donors (Lipinski definition) is 1. The quantitative estimate of drug-likeness (QED) is 0.640. The molecule has 0 saturated carbocycles. The lowest BCUT2D eigenvalue weighted by atomic mass is 9.77. The summed E-state index contributed by atoms with van der Waals surface area (Å²) in [5.41, 5.74) is 2.55. The minimum atomic E-state index is -0.772. The van der Waals surface area contributed by atoms with Crippen molar-refractivity contribution in [3.8, 4) is 5.75 Å². The first-order valence-electron chi connectivity index (χ1n) is 12.7. The van der Waals surface area contributed by atoms with Crippen molar-refractivity contribution in [3.63, 3.8) is 0 Å². The first-order valence-corrected chi connectivity index (χ1v) is 12.7. The number of hydrogen-bond acceptors (Lipinski definition) is 6. The third-order valence-corrected chi connectivity index (χ3v) is 7.87. The molecular formula is C27H27FN4O5. The van der Waals surface area contributed by atoms with E-state index in [1.807, 2.05) is 12.1 Å². The SMILES string of the molecule is O=C1CCN(N2C(=O)c3ccc(CN4CCC(C5CCOc6cc(F)ccc65)CC4)cc3C2=O)C(=O)N1. The van der Waals surface area contributed by atoms with Crippen LogP contribution in [0.15, 0.2) is 36.4 Å². The Morgan fingerprint density at radius 3 is 2.49 bits per heavy atom. The fourth-order valence-corrected chi connectivity index (χ4v) is 5.99. The number of benzene rings is 2. The second kappa shape index (κ2) is 9.26. The van der Waals surface area contributed by atoms with Crippen molar-refractivity contribution in [2.75, 3.05) is 26.2 Å². The van der Waals surface area contributed by atoms with E-state index in [1.165, 1.54) is 12.1 Å². The number of carbonyl (C=O) groups is 4. The fraction of sp³-hybridized carbons (Fsp3) is 0.407. The van der Waals surface area contributed by atoms with Gasteiger partial charge in [0.1, 0.15) is 11.6 Å². The lowest BCUT2D eigenvalue weighted by Crippen LogP contribution is -2.58. The molecule has 9 nitrogen and oxygen atoms in total. The van der Waals surface area contributed by atoms with Gasteiger partial charge in [-0.05, 0) is 73.5 Å². The maximum atomic E-state index is 13.6. The zero-order valence-corrected chi connectivity index (χ0v) is 20.2. The smallest absolute Gasteiger partial charge is 0.343 e. The predicted octanol–water partition coefficient (Wildman–Crippen LogP) is 3.06. The van der Waals surface area contributed by atoms with Crippen molar-refractivity contribution in [2.24, 2.45) is 5.92 Å². The van der Waals surface area contributed by atoms with Crippen molar-refractivity contribution in [3.05, 3.63) is 64.5 Å². The summed E-state index contributed by atoms with van der Waals surface area (Å²) >= 11 is 0. The predicted molar refractivity (Wildman–Crippen MR) is 129 cm³/mol. The number of urea groups is 1. The third kappa shape index (κ3) is 4.25. The summed E-state index contributed by atoms with van der Waals surface area (Å²) in [6, 6.07) is 9.30. The lowest BCUT2D eigenvalue weighted by molar-refractivity contribution is -0.122. The molecule has 1 unspecified atom stereocenters. The van der Waals surface area contributed by atoms with Gasteiger partial charge in [-0.1, -0.05) is 12.1 Å². The number of piperidine rings is 1. The molecule has 0 bridgehead atoms. The highest BCUT2D eigenvalue weighted by molar-refractivity contribution is 6.22. The number of imide groups is 2. The normalized spacial score (nSPS) is 22.6. The number of likely N-dealkylation sites (tertiary alicyclic amines) is 1. The van der Waals surface area contributed by atoms with Gasteiger partial charge in [0.15, 0.2) is 0 Å². The Morgan fingerprint density at radius 2 is 1.70 bits per heavy atom. The van der Waals surface area contributed by atoms with E-state index in [9.17, 15) is 23.6 Å². The van der Waals surface area contributed by atoms with Crippen molar-refractivity contribution in [1.82, 2.24) is 20.2 Å². The fourth-order valence-electron chi connectivity index (χ4n) is 5.99. The Morgan fingerprint density at radius 1 is 0.919 bits per heavy atom. The number of hydrazine groups is 1. The molecule has 4 aliphatic rings. The molecule has 5 amide bonds. The van der Waals surface area contributed by atoms with Gasteiger partial charge in [-0.25, -0.2) is 14.2 Å². The molecule has 1 N–H and O–H groups in total. The van der Waals surface area contributed by atoms with Crippen LogP contribution in [0.5, 0.6) is 5.75 Å². The Hall–Kier alpha value is -3.79. The van der Waals surface area contributed by atoms with E-state index >= 15 is 0 Å². The Labute approximate surface area is 213 Å². The zero-order valence-electron chi connectivity index (χ0n) is 20.2. The molecule has 1 atom stereocenters. The van der Waals surface area contributed by atoms with E-state index in [1.54, 1.807) is 12.1 Å². The van der Waals surface area contributed by atoms with Crippen LogP contribution in [0.2, 0.25) is 0 Å². The number of carbonyl (C=O) groups excluding carboxylic acids is 4. The number of amides is 5. The molecule has 0 spiro atoms. The molecule has 10 heteroatoms. The van der Waals surface area contributed by atoms with Gasteiger partial charge < -0.3 is 4.74 Å². The topological polar surface area (TPSA) is 99.3 Å². The van der Waals surface area contributed by atoms with E-state index in [4.69, 9.17) is 4.74 Å². The van der Waals surface area contributed by atoms with E-state index in [0.717, 1.165) is 53.5 Å². The largest absolute Gasteiger partial charge is 0.493 e. The number of halogens is 1. The molecule has 192 valence electrons. The monoisotopic (exact) mass is 506 g/mol. The van der Waals surface area contributed by atoms with Crippen LogP contribution in [0.4, 0.5) is 9.18 Å². The molecule has 2 fully saturated rings. The number of nitrogens with one attached hydrogen (secondary N) is 1. The van der Waals surface area contributed by atoms with Crippen LogP contribution in [0.1, 0.15) is 63.4 Å². The number of ether oxygens (including phenoxy) is 1. The van der Waals surface area contributed by atoms with Crippen LogP contribution in [0.25, 0.3) is 0 Å². The van der Waals surface area contributed by atoms with E-state index in [2.05, 4.69) is 10.2 Å². The van der Waals surface area contributed by atoms with E-state index in [-0.39, 0.29) is 29.9 Å². The molecule has 0 aromatic heterocycles. The molecular weight excluding hydrogens is 479 g/mol. The van der Waals surface area contributed by atoms with Gasteiger partial charge in [-0.3, -0.25) is 24.6 Å². The van der Waals surface area contributed by atoms with Gasteiger partial charge in [0.2, 0.25) is 5.91 Å². The highest BCUT2D eigenvalue weighted by Crippen LogP contribution is 2.42. The van der Waals surface area contributed by atoms with Crippen LogP contribution in [-0.4, -0.2) is 64.9 Å². The van der Waals surface area contributed by atoms with Gasteiger partial charge in [0.05, 0.1) is 24.3 Å². The molecule has 0 radical (unpaired) electrons. The zero-order chi connectivity index (χ0) is 25.7. The molecule has 4 aliphatic heterocycles. The van der Waals surface area contributed by atoms with Gasteiger partial charge in [-0.2, -0.15) is 5.01 Å². The molecule has 2 aromatic carbocycles.